The molecule has 0 aliphatic carbocycles. The lowest BCUT2D eigenvalue weighted by atomic mass is 10.1. The van der Waals surface area contributed by atoms with Crippen LogP contribution in [0.4, 0.5) is 10.1 Å². The highest BCUT2D eigenvalue weighted by molar-refractivity contribution is 6.05. The molecule has 6 heteroatoms. The van der Waals surface area contributed by atoms with Gasteiger partial charge in [0, 0.05) is 23.8 Å². The third kappa shape index (κ3) is 3.27. The summed E-state index contributed by atoms with van der Waals surface area (Å²) in [6.07, 6.45) is 3.00. The number of nitrogens with zero attached hydrogens (tertiary/aromatic N) is 2. The lowest BCUT2D eigenvalue weighted by molar-refractivity contribution is 0.102. The molecule has 1 N–H and O–H groups in total. The summed E-state index contributed by atoms with van der Waals surface area (Å²) in [7, 11) is 0. The van der Waals surface area contributed by atoms with Crippen molar-refractivity contribution in [2.45, 2.75) is 6.92 Å². The Balaban J connectivity index is 1.85. The second-order valence-electron chi connectivity index (χ2n) is 6.41. The van der Waals surface area contributed by atoms with Crippen LogP contribution in [0.15, 0.2) is 77.9 Å². The summed E-state index contributed by atoms with van der Waals surface area (Å²) in [5.41, 5.74) is 2.21. The van der Waals surface area contributed by atoms with Crippen LogP contribution in [0.1, 0.15) is 15.9 Å². The molecular formula is C22H16FN3O2. The summed E-state index contributed by atoms with van der Waals surface area (Å²) in [5.74, 6) is -0.894. The van der Waals surface area contributed by atoms with E-state index in [0.29, 0.717) is 22.4 Å². The minimum atomic E-state index is -0.518. The maximum absolute atomic E-state index is 13.3. The van der Waals surface area contributed by atoms with E-state index in [1.807, 2.05) is 19.1 Å². The number of aromatic nitrogens is 2. The van der Waals surface area contributed by atoms with E-state index in [4.69, 9.17) is 0 Å². The summed E-state index contributed by atoms with van der Waals surface area (Å²) >= 11 is 0. The first kappa shape index (κ1) is 17.6. The van der Waals surface area contributed by atoms with Crippen molar-refractivity contribution >= 4 is 22.6 Å². The van der Waals surface area contributed by atoms with Crippen LogP contribution in [0.25, 0.3) is 16.7 Å². The molecule has 0 saturated carbocycles. The first-order valence-corrected chi connectivity index (χ1v) is 8.67. The Hall–Kier alpha value is -3.80. The normalized spacial score (nSPS) is 10.8. The number of nitrogens with one attached hydrogen (secondary N) is 1. The molecule has 2 aromatic heterocycles. The van der Waals surface area contributed by atoms with Crippen LogP contribution in [0.2, 0.25) is 0 Å². The second-order valence-corrected chi connectivity index (χ2v) is 6.41. The van der Waals surface area contributed by atoms with Crippen molar-refractivity contribution in [3.63, 3.8) is 0 Å². The molecule has 138 valence electrons. The second kappa shape index (κ2) is 7.08. The van der Waals surface area contributed by atoms with E-state index in [1.54, 1.807) is 47.2 Å². The number of hydrogen-bond acceptors (Lipinski definition) is 3. The fraction of sp³-hybridized carbons (Fsp3) is 0.0455. The fourth-order valence-corrected chi connectivity index (χ4v) is 2.96. The molecule has 2 heterocycles. The quantitative estimate of drug-likeness (QED) is 0.588. The van der Waals surface area contributed by atoms with Crippen molar-refractivity contribution in [2.24, 2.45) is 0 Å². The summed E-state index contributed by atoms with van der Waals surface area (Å²) in [5, 5.41) is 3.05. The number of pyridine rings is 2. The molecule has 0 spiro atoms. The zero-order valence-electron chi connectivity index (χ0n) is 15.0. The van der Waals surface area contributed by atoms with Gasteiger partial charge in [0.25, 0.3) is 5.91 Å². The van der Waals surface area contributed by atoms with Crippen LogP contribution in [0.5, 0.6) is 0 Å². The van der Waals surface area contributed by atoms with Crippen molar-refractivity contribution in [1.29, 1.82) is 0 Å². The maximum atomic E-state index is 13.3. The van der Waals surface area contributed by atoms with Gasteiger partial charge < -0.3 is 9.88 Å². The number of carbonyl (C=O) groups is 1. The summed E-state index contributed by atoms with van der Waals surface area (Å²) < 4.78 is 14.9. The zero-order chi connectivity index (χ0) is 19.7. The lowest BCUT2D eigenvalue weighted by Crippen LogP contribution is -2.24. The number of carbonyl (C=O) groups excluding carboxylic acids is 1. The topological polar surface area (TPSA) is 64.0 Å². The molecule has 4 rings (SSSR count). The van der Waals surface area contributed by atoms with Crippen LogP contribution in [-0.4, -0.2) is 15.5 Å². The van der Waals surface area contributed by atoms with Crippen LogP contribution in [0, 0.1) is 12.7 Å². The van der Waals surface area contributed by atoms with Gasteiger partial charge in [-0.2, -0.15) is 0 Å². The molecule has 2 aromatic carbocycles. The van der Waals surface area contributed by atoms with Crippen molar-refractivity contribution in [3.05, 3.63) is 100 Å². The molecule has 0 fully saturated rings. The van der Waals surface area contributed by atoms with E-state index in [1.165, 1.54) is 18.3 Å². The average molecular weight is 373 g/mol. The van der Waals surface area contributed by atoms with E-state index in [2.05, 4.69) is 10.3 Å². The number of aryl methyl sites for hydroxylation is 1. The van der Waals surface area contributed by atoms with E-state index in [-0.39, 0.29) is 11.4 Å². The van der Waals surface area contributed by atoms with E-state index >= 15 is 0 Å². The predicted molar refractivity (Wildman–Crippen MR) is 106 cm³/mol. The van der Waals surface area contributed by atoms with Gasteiger partial charge >= 0.3 is 0 Å². The van der Waals surface area contributed by atoms with Crippen LogP contribution >= 0.6 is 0 Å². The molecule has 0 radical (unpaired) electrons. The Labute approximate surface area is 160 Å². The van der Waals surface area contributed by atoms with Gasteiger partial charge in [-0.1, -0.05) is 17.7 Å². The van der Waals surface area contributed by atoms with Gasteiger partial charge in [0.05, 0.1) is 5.39 Å². The van der Waals surface area contributed by atoms with Crippen molar-refractivity contribution < 1.29 is 9.18 Å². The monoisotopic (exact) mass is 373 g/mol. The minimum absolute atomic E-state index is 0.0228. The number of amides is 1. The van der Waals surface area contributed by atoms with Crippen LogP contribution in [0.3, 0.4) is 0 Å². The zero-order valence-corrected chi connectivity index (χ0v) is 15.0. The lowest BCUT2D eigenvalue weighted by Gasteiger charge is -2.13. The smallest absolute Gasteiger partial charge is 0.261 e. The van der Waals surface area contributed by atoms with Crippen LogP contribution in [-0.2, 0) is 0 Å². The molecular weight excluding hydrogens is 357 g/mol. The molecule has 4 aromatic rings. The van der Waals surface area contributed by atoms with Crippen molar-refractivity contribution in [3.8, 4) is 5.69 Å². The Morgan fingerprint density at radius 2 is 1.75 bits per heavy atom. The average Bonchev–Trinajstić information content (AvgIpc) is 2.71. The van der Waals surface area contributed by atoms with E-state index in [0.717, 1.165) is 5.56 Å². The largest absolute Gasteiger partial charge is 0.322 e. The molecule has 0 aliphatic heterocycles. The van der Waals surface area contributed by atoms with E-state index in [9.17, 15) is 14.0 Å². The molecule has 0 unspecified atom stereocenters. The van der Waals surface area contributed by atoms with Crippen molar-refractivity contribution in [2.75, 3.05) is 5.32 Å². The molecule has 1 amide bonds. The number of halogens is 1. The van der Waals surface area contributed by atoms with Gasteiger partial charge in [-0.15, -0.1) is 0 Å². The van der Waals surface area contributed by atoms with E-state index < -0.39 is 11.3 Å². The number of fused-ring (bicyclic) bond motifs is 1. The Bertz CT molecular complexity index is 1230. The van der Waals surface area contributed by atoms with Gasteiger partial charge in [-0.3, -0.25) is 9.59 Å². The number of hydrogen-bond donors (Lipinski definition) is 1. The highest BCUT2D eigenvalue weighted by atomic mass is 19.1. The SMILES string of the molecule is Cc1ccc(NC(=O)c2cn(-c3ccc(F)cc3)c3ncccc3c2=O)cc1. The standard InChI is InChI=1S/C22H16FN3O2/c1-14-4-8-16(9-5-14)25-22(28)19-13-26(17-10-6-15(23)7-11-17)21-18(20(19)27)3-2-12-24-21/h2-13H,1H3,(H,25,28). The molecule has 0 atom stereocenters. The van der Waals surface area contributed by atoms with Gasteiger partial charge in [-0.25, -0.2) is 9.37 Å². The predicted octanol–water partition coefficient (Wildman–Crippen LogP) is 4.09. The highest BCUT2D eigenvalue weighted by Gasteiger charge is 2.17. The number of rotatable bonds is 3. The van der Waals surface area contributed by atoms with Gasteiger partial charge in [-0.05, 0) is 55.5 Å². The summed E-state index contributed by atoms with van der Waals surface area (Å²) in [4.78, 5) is 29.9. The first-order chi connectivity index (χ1) is 13.5. The third-order valence-electron chi connectivity index (χ3n) is 4.42. The molecule has 0 saturated heterocycles. The van der Waals surface area contributed by atoms with Crippen molar-refractivity contribution in [1.82, 2.24) is 9.55 Å². The Kier molecular flexibility index (Phi) is 4.45. The summed E-state index contributed by atoms with van der Waals surface area (Å²) in [6.45, 7) is 1.95. The van der Waals surface area contributed by atoms with Gasteiger partial charge in [0.1, 0.15) is 17.0 Å². The van der Waals surface area contributed by atoms with Crippen LogP contribution < -0.4 is 10.7 Å². The third-order valence-corrected chi connectivity index (χ3v) is 4.42. The Morgan fingerprint density at radius 3 is 2.46 bits per heavy atom. The molecule has 5 nitrogen and oxygen atoms in total. The van der Waals surface area contributed by atoms with Gasteiger partial charge in [0.15, 0.2) is 0 Å². The fourth-order valence-electron chi connectivity index (χ4n) is 2.96. The highest BCUT2D eigenvalue weighted by Crippen LogP contribution is 2.17. The molecule has 0 bridgehead atoms. The first-order valence-electron chi connectivity index (χ1n) is 8.67. The van der Waals surface area contributed by atoms with Gasteiger partial charge in [0.2, 0.25) is 5.43 Å². The number of anilines is 1. The summed E-state index contributed by atoms with van der Waals surface area (Å²) in [6, 6.07) is 16.3. The molecule has 0 aliphatic rings. The minimum Gasteiger partial charge on any atom is -0.322 e. The molecule has 28 heavy (non-hydrogen) atoms. The number of benzene rings is 2. The maximum Gasteiger partial charge on any atom is 0.261 e. The Morgan fingerprint density at radius 1 is 1.04 bits per heavy atom.